The van der Waals surface area contributed by atoms with Crippen LogP contribution in [0.4, 0.5) is 0 Å². The lowest BCUT2D eigenvalue weighted by atomic mass is 9.97. The third-order valence-corrected chi connectivity index (χ3v) is 5.85. The molecule has 5 nitrogen and oxygen atoms in total. The maximum Gasteiger partial charge on any atom is 0.253 e. The summed E-state index contributed by atoms with van der Waals surface area (Å²) in [6.45, 7) is 1.31. The van der Waals surface area contributed by atoms with Crippen LogP contribution in [0.3, 0.4) is 0 Å². The zero-order valence-corrected chi connectivity index (χ0v) is 17.0. The minimum atomic E-state index is 0.0386. The molecule has 1 saturated heterocycles. The molecule has 0 saturated carbocycles. The van der Waals surface area contributed by atoms with Crippen molar-refractivity contribution in [1.82, 2.24) is 15.0 Å². The number of fused-ring (bicyclic) bond motifs is 1. The quantitative estimate of drug-likeness (QED) is 0.437. The minimum absolute atomic E-state index is 0.0386. The summed E-state index contributed by atoms with van der Waals surface area (Å²) in [6.07, 6.45) is 1.83. The number of carbonyl (C=O) groups excluding carboxylic acids is 1. The van der Waals surface area contributed by atoms with Gasteiger partial charge >= 0.3 is 0 Å². The summed E-state index contributed by atoms with van der Waals surface area (Å²) in [7, 11) is 0. The number of hydrogen-bond donors (Lipinski definition) is 0. The number of halogens is 1. The van der Waals surface area contributed by atoms with Crippen LogP contribution in [-0.2, 0) is 0 Å². The largest absolute Gasteiger partial charge is 0.339 e. The molecule has 150 valence electrons. The highest BCUT2D eigenvalue weighted by Gasteiger charge is 2.29. The summed E-state index contributed by atoms with van der Waals surface area (Å²) in [4.78, 5) is 19.6. The molecule has 0 radical (unpaired) electrons. The van der Waals surface area contributed by atoms with E-state index in [0.29, 0.717) is 28.8 Å². The topological polar surface area (TPSA) is 59.2 Å². The van der Waals surface area contributed by atoms with Crippen molar-refractivity contribution in [3.05, 3.63) is 83.2 Å². The average Bonchev–Trinajstić information content (AvgIpc) is 3.29. The third-order valence-electron chi connectivity index (χ3n) is 5.60. The van der Waals surface area contributed by atoms with Gasteiger partial charge in [0, 0.05) is 29.2 Å². The number of rotatable bonds is 3. The Hall–Kier alpha value is -3.18. The molecule has 1 amide bonds. The molecule has 1 atom stereocenters. The first-order valence-electron chi connectivity index (χ1n) is 10.0. The molecule has 1 aliphatic rings. The lowest BCUT2D eigenvalue weighted by Crippen LogP contribution is -2.39. The van der Waals surface area contributed by atoms with Crippen LogP contribution >= 0.6 is 11.6 Å². The highest BCUT2D eigenvalue weighted by atomic mass is 35.5. The molecule has 0 spiro atoms. The van der Waals surface area contributed by atoms with Crippen LogP contribution in [-0.4, -0.2) is 34.0 Å². The van der Waals surface area contributed by atoms with Gasteiger partial charge in [-0.05, 0) is 60.0 Å². The highest BCUT2D eigenvalue weighted by Crippen LogP contribution is 2.29. The van der Waals surface area contributed by atoms with Crippen molar-refractivity contribution in [3.63, 3.8) is 0 Å². The molecule has 0 aliphatic carbocycles. The van der Waals surface area contributed by atoms with Crippen molar-refractivity contribution in [3.8, 4) is 11.4 Å². The fourth-order valence-corrected chi connectivity index (χ4v) is 4.11. The van der Waals surface area contributed by atoms with E-state index < -0.39 is 0 Å². The van der Waals surface area contributed by atoms with Crippen molar-refractivity contribution in [2.75, 3.05) is 13.1 Å². The van der Waals surface area contributed by atoms with Gasteiger partial charge < -0.3 is 9.42 Å². The summed E-state index contributed by atoms with van der Waals surface area (Å²) in [5.74, 6) is 1.20. The molecular weight excluding hydrogens is 398 g/mol. The second-order valence-electron chi connectivity index (χ2n) is 7.62. The van der Waals surface area contributed by atoms with Crippen molar-refractivity contribution >= 4 is 28.3 Å². The van der Waals surface area contributed by atoms with E-state index in [9.17, 15) is 4.79 Å². The van der Waals surface area contributed by atoms with Gasteiger partial charge in [0.2, 0.25) is 11.7 Å². The third kappa shape index (κ3) is 3.68. The molecule has 6 heteroatoms. The van der Waals surface area contributed by atoms with Crippen molar-refractivity contribution in [1.29, 1.82) is 0 Å². The monoisotopic (exact) mass is 417 g/mol. The molecule has 0 N–H and O–H groups in total. The van der Waals surface area contributed by atoms with E-state index in [2.05, 4.69) is 10.1 Å². The van der Waals surface area contributed by atoms with E-state index in [4.69, 9.17) is 16.1 Å². The number of likely N-dealkylation sites (tertiary alicyclic amines) is 1. The smallest absolute Gasteiger partial charge is 0.253 e. The SMILES string of the molecule is O=C(c1ccc2ccccc2c1)N1CCC[C@H](c2nc(-c3ccc(Cl)cc3)no2)C1. The summed E-state index contributed by atoms with van der Waals surface area (Å²) >= 11 is 5.95. The van der Waals surface area contributed by atoms with Crippen LogP contribution in [0.25, 0.3) is 22.2 Å². The van der Waals surface area contributed by atoms with Gasteiger partial charge in [0.1, 0.15) is 0 Å². The van der Waals surface area contributed by atoms with Gasteiger partial charge in [-0.1, -0.05) is 47.1 Å². The molecule has 4 aromatic rings. The number of nitrogens with zero attached hydrogens (tertiary/aromatic N) is 3. The molecule has 3 aromatic carbocycles. The fraction of sp³-hybridized carbons (Fsp3) is 0.208. The predicted octanol–water partition coefficient (Wildman–Crippen LogP) is 5.56. The van der Waals surface area contributed by atoms with Gasteiger partial charge in [0.25, 0.3) is 5.91 Å². The lowest BCUT2D eigenvalue weighted by Gasteiger charge is -2.31. The number of benzene rings is 3. The van der Waals surface area contributed by atoms with Gasteiger partial charge in [-0.3, -0.25) is 4.79 Å². The number of piperidine rings is 1. The maximum absolute atomic E-state index is 13.1. The van der Waals surface area contributed by atoms with E-state index in [1.165, 1.54) is 0 Å². The summed E-state index contributed by atoms with van der Waals surface area (Å²) in [6, 6.07) is 21.3. The Balaban J connectivity index is 1.34. The number of aromatic nitrogens is 2. The van der Waals surface area contributed by atoms with Crippen LogP contribution in [0.1, 0.15) is 35.0 Å². The zero-order valence-electron chi connectivity index (χ0n) is 16.3. The van der Waals surface area contributed by atoms with E-state index in [1.807, 2.05) is 59.5 Å². The number of hydrogen-bond acceptors (Lipinski definition) is 4. The van der Waals surface area contributed by atoms with Gasteiger partial charge in [-0.15, -0.1) is 0 Å². The Kier molecular flexibility index (Phi) is 4.97. The second-order valence-corrected chi connectivity index (χ2v) is 8.05. The molecule has 0 bridgehead atoms. The lowest BCUT2D eigenvalue weighted by molar-refractivity contribution is 0.0696. The van der Waals surface area contributed by atoms with Crippen LogP contribution in [0.15, 0.2) is 71.3 Å². The van der Waals surface area contributed by atoms with Crippen LogP contribution in [0.2, 0.25) is 5.02 Å². The number of amides is 1. The predicted molar refractivity (Wildman–Crippen MR) is 117 cm³/mol. The average molecular weight is 418 g/mol. The van der Waals surface area contributed by atoms with Gasteiger partial charge in [0.05, 0.1) is 5.92 Å². The molecule has 1 aromatic heterocycles. The molecule has 30 heavy (non-hydrogen) atoms. The van der Waals surface area contributed by atoms with E-state index in [0.717, 1.165) is 35.7 Å². The molecule has 1 aliphatic heterocycles. The number of carbonyl (C=O) groups is 1. The molecular formula is C24H20ClN3O2. The van der Waals surface area contributed by atoms with Crippen LogP contribution in [0, 0.1) is 0 Å². The fourth-order valence-electron chi connectivity index (χ4n) is 3.99. The highest BCUT2D eigenvalue weighted by molar-refractivity contribution is 6.30. The van der Waals surface area contributed by atoms with Crippen LogP contribution in [0.5, 0.6) is 0 Å². The van der Waals surface area contributed by atoms with Crippen molar-refractivity contribution in [2.24, 2.45) is 0 Å². The first-order valence-corrected chi connectivity index (χ1v) is 10.4. The summed E-state index contributed by atoms with van der Waals surface area (Å²) in [5, 5.41) is 6.99. The Bertz CT molecular complexity index is 1200. The summed E-state index contributed by atoms with van der Waals surface area (Å²) in [5.41, 5.74) is 1.57. The Morgan fingerprint density at radius 1 is 1.03 bits per heavy atom. The first-order chi connectivity index (χ1) is 14.7. The minimum Gasteiger partial charge on any atom is -0.339 e. The van der Waals surface area contributed by atoms with E-state index >= 15 is 0 Å². The van der Waals surface area contributed by atoms with Gasteiger partial charge in [-0.25, -0.2) is 0 Å². The molecule has 5 rings (SSSR count). The summed E-state index contributed by atoms with van der Waals surface area (Å²) < 4.78 is 5.55. The van der Waals surface area contributed by atoms with Gasteiger partial charge in [-0.2, -0.15) is 4.98 Å². The molecule has 0 unspecified atom stereocenters. The normalized spacial score (nSPS) is 16.7. The van der Waals surface area contributed by atoms with Crippen LogP contribution < -0.4 is 0 Å². The second kappa shape index (κ2) is 7.92. The maximum atomic E-state index is 13.1. The van der Waals surface area contributed by atoms with Crippen molar-refractivity contribution < 1.29 is 9.32 Å². The zero-order chi connectivity index (χ0) is 20.5. The van der Waals surface area contributed by atoms with E-state index in [1.54, 1.807) is 12.1 Å². The molecule has 1 fully saturated rings. The Labute approximate surface area is 179 Å². The first kappa shape index (κ1) is 18.8. The standard InChI is InChI=1S/C24H20ClN3O2/c25-21-11-9-17(10-12-21)22-26-23(30-27-22)20-6-3-13-28(15-20)24(29)19-8-7-16-4-1-2-5-18(16)14-19/h1-2,4-5,7-12,14,20H,3,6,13,15H2/t20-/m0/s1. The molecule has 2 heterocycles. The Morgan fingerprint density at radius 2 is 1.83 bits per heavy atom. The van der Waals surface area contributed by atoms with Crippen molar-refractivity contribution in [2.45, 2.75) is 18.8 Å². The van der Waals surface area contributed by atoms with E-state index in [-0.39, 0.29) is 11.8 Å². The Morgan fingerprint density at radius 3 is 2.67 bits per heavy atom. The van der Waals surface area contributed by atoms with Gasteiger partial charge in [0.15, 0.2) is 0 Å².